The molecule has 2 rings (SSSR count). The van der Waals surface area contributed by atoms with Crippen LogP contribution in [-0.4, -0.2) is 71.5 Å². The molecule has 0 bridgehead atoms. The van der Waals surface area contributed by atoms with Gasteiger partial charge >= 0.3 is 0 Å². The summed E-state index contributed by atoms with van der Waals surface area (Å²) in [6, 6.07) is 4.07. The Morgan fingerprint density at radius 1 is 1.44 bits per heavy atom. The second-order valence-corrected chi connectivity index (χ2v) is 6.53. The number of guanidine groups is 1. The standard InChI is InChI=1S/C18H32N4O3/c1-19-18(20-8-5-9-23-13-15-7-11-24-14-15)21-12-16(22(2)3)17-6-4-10-25-17/h4,6,10,15-16H,5,7-9,11-14H2,1-3H3,(H2,19,20,21). The molecular weight excluding hydrogens is 320 g/mol. The van der Waals surface area contributed by atoms with Gasteiger partial charge in [0.1, 0.15) is 5.76 Å². The van der Waals surface area contributed by atoms with Crippen molar-refractivity contribution in [2.45, 2.75) is 18.9 Å². The van der Waals surface area contributed by atoms with Crippen molar-refractivity contribution in [2.75, 3.05) is 60.7 Å². The van der Waals surface area contributed by atoms with E-state index in [0.29, 0.717) is 5.92 Å². The summed E-state index contributed by atoms with van der Waals surface area (Å²) in [5, 5.41) is 6.68. The van der Waals surface area contributed by atoms with Crippen molar-refractivity contribution in [1.29, 1.82) is 0 Å². The summed E-state index contributed by atoms with van der Waals surface area (Å²) >= 11 is 0. The second kappa shape index (κ2) is 11.1. The molecule has 142 valence electrons. The molecule has 0 aromatic carbocycles. The summed E-state index contributed by atoms with van der Waals surface area (Å²) in [4.78, 5) is 6.39. The van der Waals surface area contributed by atoms with Gasteiger partial charge in [-0.1, -0.05) is 0 Å². The van der Waals surface area contributed by atoms with Crippen molar-refractivity contribution in [1.82, 2.24) is 15.5 Å². The first-order valence-corrected chi connectivity index (χ1v) is 9.00. The quantitative estimate of drug-likeness (QED) is 0.378. The summed E-state index contributed by atoms with van der Waals surface area (Å²) in [6.45, 7) is 4.83. The zero-order valence-electron chi connectivity index (χ0n) is 15.7. The summed E-state index contributed by atoms with van der Waals surface area (Å²) in [5.74, 6) is 2.31. The minimum atomic E-state index is 0.158. The number of rotatable bonds is 10. The van der Waals surface area contributed by atoms with Crippen LogP contribution in [0.4, 0.5) is 0 Å². The van der Waals surface area contributed by atoms with Crippen LogP contribution in [0.1, 0.15) is 24.6 Å². The van der Waals surface area contributed by atoms with E-state index in [1.54, 1.807) is 13.3 Å². The predicted molar refractivity (Wildman–Crippen MR) is 98.9 cm³/mol. The fourth-order valence-electron chi connectivity index (χ4n) is 2.78. The van der Waals surface area contributed by atoms with E-state index in [2.05, 4.69) is 20.5 Å². The third-order valence-corrected chi connectivity index (χ3v) is 4.32. The Balaban J connectivity index is 1.59. The maximum atomic E-state index is 5.71. The average molecular weight is 352 g/mol. The third kappa shape index (κ3) is 7.05. The molecule has 7 heteroatoms. The topological polar surface area (TPSA) is 71.3 Å². The largest absolute Gasteiger partial charge is 0.468 e. The maximum Gasteiger partial charge on any atom is 0.191 e. The minimum absolute atomic E-state index is 0.158. The number of likely N-dealkylation sites (N-methyl/N-ethyl adjacent to an activating group) is 1. The number of hydrogen-bond donors (Lipinski definition) is 2. The lowest BCUT2D eigenvalue weighted by molar-refractivity contribution is 0.0888. The Kier molecular flexibility index (Phi) is 8.79. The van der Waals surface area contributed by atoms with Gasteiger partial charge in [0, 0.05) is 39.3 Å². The van der Waals surface area contributed by atoms with Gasteiger partial charge in [-0.25, -0.2) is 0 Å². The van der Waals surface area contributed by atoms with Gasteiger partial charge < -0.3 is 24.5 Å². The molecule has 2 unspecified atom stereocenters. The van der Waals surface area contributed by atoms with E-state index in [1.807, 2.05) is 26.2 Å². The molecule has 1 aliphatic rings. The summed E-state index contributed by atoms with van der Waals surface area (Å²) in [6.07, 6.45) is 3.78. The van der Waals surface area contributed by atoms with Crippen molar-refractivity contribution in [3.05, 3.63) is 24.2 Å². The normalized spacial score (nSPS) is 19.4. The van der Waals surface area contributed by atoms with Gasteiger partial charge in [-0.05, 0) is 39.1 Å². The van der Waals surface area contributed by atoms with E-state index in [0.717, 1.165) is 64.1 Å². The molecule has 0 saturated carbocycles. The molecule has 2 heterocycles. The van der Waals surface area contributed by atoms with Gasteiger partial charge in [0.15, 0.2) is 5.96 Å². The van der Waals surface area contributed by atoms with Gasteiger partial charge in [0.05, 0.1) is 25.5 Å². The molecule has 0 spiro atoms. The molecule has 0 radical (unpaired) electrons. The highest BCUT2D eigenvalue weighted by Crippen LogP contribution is 2.17. The van der Waals surface area contributed by atoms with Crippen molar-refractivity contribution in [2.24, 2.45) is 10.9 Å². The second-order valence-electron chi connectivity index (χ2n) is 6.53. The first kappa shape index (κ1) is 19.8. The van der Waals surface area contributed by atoms with Crippen molar-refractivity contribution >= 4 is 5.96 Å². The average Bonchev–Trinajstić information content (AvgIpc) is 3.29. The van der Waals surface area contributed by atoms with Crippen LogP contribution in [-0.2, 0) is 9.47 Å². The van der Waals surface area contributed by atoms with E-state index in [-0.39, 0.29) is 6.04 Å². The van der Waals surface area contributed by atoms with E-state index < -0.39 is 0 Å². The smallest absolute Gasteiger partial charge is 0.191 e. The zero-order valence-corrected chi connectivity index (χ0v) is 15.7. The molecule has 1 aliphatic heterocycles. The zero-order chi connectivity index (χ0) is 17.9. The lowest BCUT2D eigenvalue weighted by Crippen LogP contribution is -2.42. The summed E-state index contributed by atoms with van der Waals surface area (Å²) in [5.41, 5.74) is 0. The maximum absolute atomic E-state index is 5.71. The van der Waals surface area contributed by atoms with Crippen LogP contribution in [0.25, 0.3) is 0 Å². The Labute approximate surface area is 150 Å². The first-order chi connectivity index (χ1) is 12.2. The Hall–Kier alpha value is -1.57. The molecule has 2 atom stereocenters. The molecule has 25 heavy (non-hydrogen) atoms. The van der Waals surface area contributed by atoms with Crippen LogP contribution < -0.4 is 10.6 Å². The molecule has 2 N–H and O–H groups in total. The minimum Gasteiger partial charge on any atom is -0.468 e. The van der Waals surface area contributed by atoms with E-state index in [9.17, 15) is 0 Å². The van der Waals surface area contributed by atoms with Gasteiger partial charge in [-0.15, -0.1) is 0 Å². The Morgan fingerprint density at radius 3 is 2.96 bits per heavy atom. The van der Waals surface area contributed by atoms with Gasteiger partial charge in [0.2, 0.25) is 0 Å². The van der Waals surface area contributed by atoms with Gasteiger partial charge in [-0.2, -0.15) is 0 Å². The summed E-state index contributed by atoms with van der Waals surface area (Å²) in [7, 11) is 5.86. The molecule has 1 fully saturated rings. The fraction of sp³-hybridized carbons (Fsp3) is 0.722. The van der Waals surface area contributed by atoms with Crippen LogP contribution in [0.15, 0.2) is 27.8 Å². The molecule has 0 aliphatic carbocycles. The fourth-order valence-corrected chi connectivity index (χ4v) is 2.78. The number of hydrogen-bond acceptors (Lipinski definition) is 5. The predicted octanol–water partition coefficient (Wildman–Crippen LogP) is 1.49. The number of nitrogens with one attached hydrogen (secondary N) is 2. The van der Waals surface area contributed by atoms with Gasteiger partial charge in [-0.3, -0.25) is 9.89 Å². The van der Waals surface area contributed by atoms with Crippen molar-refractivity contribution in [3.63, 3.8) is 0 Å². The van der Waals surface area contributed by atoms with Crippen LogP contribution in [0.5, 0.6) is 0 Å². The molecule has 1 saturated heterocycles. The highest BCUT2D eigenvalue weighted by atomic mass is 16.5. The van der Waals surface area contributed by atoms with Gasteiger partial charge in [0.25, 0.3) is 0 Å². The SMILES string of the molecule is CN=C(NCCCOCC1CCOC1)NCC(c1ccco1)N(C)C. The van der Waals surface area contributed by atoms with Crippen LogP contribution in [0.2, 0.25) is 0 Å². The monoisotopic (exact) mass is 352 g/mol. The summed E-state index contributed by atoms with van der Waals surface area (Å²) < 4.78 is 16.6. The third-order valence-electron chi connectivity index (χ3n) is 4.32. The highest BCUT2D eigenvalue weighted by Gasteiger charge is 2.17. The molecular formula is C18H32N4O3. The van der Waals surface area contributed by atoms with Crippen molar-refractivity contribution < 1.29 is 13.9 Å². The van der Waals surface area contributed by atoms with E-state index in [4.69, 9.17) is 13.9 Å². The van der Waals surface area contributed by atoms with Crippen LogP contribution in [0.3, 0.4) is 0 Å². The van der Waals surface area contributed by atoms with E-state index in [1.165, 1.54) is 0 Å². The Morgan fingerprint density at radius 2 is 2.32 bits per heavy atom. The lowest BCUT2D eigenvalue weighted by atomic mass is 10.1. The number of aliphatic imine (C=N–C) groups is 1. The number of nitrogens with zero attached hydrogens (tertiary/aromatic N) is 2. The van der Waals surface area contributed by atoms with E-state index >= 15 is 0 Å². The lowest BCUT2D eigenvalue weighted by Gasteiger charge is -2.23. The van der Waals surface area contributed by atoms with Crippen LogP contribution >= 0.6 is 0 Å². The number of ether oxygens (including phenoxy) is 2. The van der Waals surface area contributed by atoms with Crippen LogP contribution in [0, 0.1) is 5.92 Å². The Bertz CT molecular complexity index is 485. The molecule has 1 aromatic heterocycles. The molecule has 7 nitrogen and oxygen atoms in total. The first-order valence-electron chi connectivity index (χ1n) is 9.00. The molecule has 1 aromatic rings. The molecule has 0 amide bonds. The highest BCUT2D eigenvalue weighted by molar-refractivity contribution is 5.79. The number of furan rings is 1. The van der Waals surface area contributed by atoms with Crippen molar-refractivity contribution in [3.8, 4) is 0 Å².